The molecule has 6 nitrogen and oxygen atoms in total. The molecule has 0 saturated heterocycles. The van der Waals surface area contributed by atoms with Crippen LogP contribution >= 0.6 is 0 Å². The van der Waals surface area contributed by atoms with Gasteiger partial charge in [-0.2, -0.15) is 0 Å². The third-order valence-corrected chi connectivity index (χ3v) is 7.50. The topological polar surface area (TPSA) is 95.5 Å². The molecule has 5 rings (SSSR count). The second-order valence-corrected chi connectivity index (χ2v) is 9.81. The monoisotopic (exact) mass is 482 g/mol. The van der Waals surface area contributed by atoms with E-state index in [1.165, 1.54) is 11.1 Å². The number of urea groups is 1. The van der Waals surface area contributed by atoms with E-state index in [1.807, 2.05) is 42.5 Å². The number of carbonyl (C=O) groups excluding carboxylic acids is 2. The minimum Gasteiger partial charge on any atom is -0.481 e. The number of hydrogen-bond donors (Lipinski definition) is 3. The highest BCUT2D eigenvalue weighted by molar-refractivity contribution is 6.00. The first-order valence-electron chi connectivity index (χ1n) is 12.6. The van der Waals surface area contributed by atoms with Gasteiger partial charge in [-0.3, -0.25) is 9.59 Å². The van der Waals surface area contributed by atoms with Gasteiger partial charge in [0.05, 0.1) is 5.92 Å². The van der Waals surface area contributed by atoms with E-state index < -0.39 is 17.8 Å². The maximum absolute atomic E-state index is 12.9. The lowest BCUT2D eigenvalue weighted by Crippen LogP contribution is -2.41. The molecule has 0 spiro atoms. The zero-order valence-electron chi connectivity index (χ0n) is 20.1. The summed E-state index contributed by atoms with van der Waals surface area (Å²) in [7, 11) is 0. The average molecular weight is 483 g/mol. The Morgan fingerprint density at radius 2 is 1.39 bits per heavy atom. The molecule has 2 aliphatic rings. The van der Waals surface area contributed by atoms with Crippen LogP contribution in [0.5, 0.6) is 0 Å². The summed E-state index contributed by atoms with van der Waals surface area (Å²) >= 11 is 0. The van der Waals surface area contributed by atoms with Crippen LogP contribution in [-0.4, -0.2) is 28.9 Å². The SMILES string of the molecule is O=C(Nc1ccc(-c2ccc(C(=O)[C@@H]3CCC[C@H]3C(=O)O)cc2)cc1)NC1CCc2ccccc2C1. The minimum atomic E-state index is -0.881. The Morgan fingerprint density at radius 3 is 2.08 bits per heavy atom. The zero-order valence-corrected chi connectivity index (χ0v) is 20.1. The summed E-state index contributed by atoms with van der Waals surface area (Å²) in [5, 5.41) is 15.4. The van der Waals surface area contributed by atoms with Gasteiger partial charge in [0.15, 0.2) is 5.78 Å². The largest absolute Gasteiger partial charge is 0.481 e. The van der Waals surface area contributed by atoms with E-state index in [1.54, 1.807) is 12.1 Å². The third kappa shape index (κ3) is 5.18. The number of hydrogen-bond acceptors (Lipinski definition) is 3. The van der Waals surface area contributed by atoms with E-state index in [2.05, 4.69) is 28.8 Å². The number of benzene rings is 3. The minimum absolute atomic E-state index is 0.0848. The fraction of sp³-hybridized carbons (Fsp3) is 0.300. The summed E-state index contributed by atoms with van der Waals surface area (Å²) in [4.78, 5) is 36.8. The molecule has 0 aliphatic heterocycles. The maximum atomic E-state index is 12.9. The van der Waals surface area contributed by atoms with Gasteiger partial charge in [-0.1, -0.05) is 67.1 Å². The molecule has 3 aromatic carbocycles. The fourth-order valence-electron chi connectivity index (χ4n) is 5.53. The van der Waals surface area contributed by atoms with Crippen molar-refractivity contribution in [2.24, 2.45) is 11.8 Å². The molecule has 1 saturated carbocycles. The first kappa shape index (κ1) is 23.8. The lowest BCUT2D eigenvalue weighted by molar-refractivity contribution is -0.142. The van der Waals surface area contributed by atoms with Crippen LogP contribution in [0.15, 0.2) is 72.8 Å². The molecule has 1 fully saturated rings. The molecule has 36 heavy (non-hydrogen) atoms. The molecule has 1 unspecified atom stereocenters. The van der Waals surface area contributed by atoms with Gasteiger partial charge >= 0.3 is 12.0 Å². The zero-order chi connectivity index (χ0) is 25.1. The summed E-state index contributed by atoms with van der Waals surface area (Å²) in [6, 6.07) is 23.2. The van der Waals surface area contributed by atoms with Gasteiger partial charge in [0, 0.05) is 23.2 Å². The number of fused-ring (bicyclic) bond motifs is 1. The molecule has 3 N–H and O–H groups in total. The average Bonchev–Trinajstić information content (AvgIpc) is 3.39. The molecular weight excluding hydrogens is 452 g/mol. The van der Waals surface area contributed by atoms with Gasteiger partial charge in [-0.25, -0.2) is 4.79 Å². The van der Waals surface area contributed by atoms with Crippen LogP contribution in [0.4, 0.5) is 10.5 Å². The van der Waals surface area contributed by atoms with Gasteiger partial charge in [0.25, 0.3) is 0 Å². The predicted molar refractivity (Wildman–Crippen MR) is 139 cm³/mol. The standard InChI is InChI=1S/C30H30N2O4/c33-28(26-6-3-7-27(26)29(34)35)22-10-8-20(9-11-22)21-12-15-24(16-13-21)31-30(36)32-25-17-14-19-4-1-2-5-23(19)18-25/h1-2,4-5,8-13,15-16,25-27H,3,6-7,14,17-18H2,(H,34,35)(H2,31,32,36)/t25?,26-,27-/m1/s1. The van der Waals surface area contributed by atoms with Crippen molar-refractivity contribution in [3.05, 3.63) is 89.5 Å². The quantitative estimate of drug-likeness (QED) is 0.392. The Hall–Kier alpha value is -3.93. The van der Waals surface area contributed by atoms with Crippen molar-refractivity contribution in [2.75, 3.05) is 5.32 Å². The van der Waals surface area contributed by atoms with Crippen molar-refractivity contribution in [3.8, 4) is 11.1 Å². The third-order valence-electron chi connectivity index (χ3n) is 7.50. The van der Waals surface area contributed by atoms with Crippen LogP contribution in [-0.2, 0) is 17.6 Å². The number of carboxylic acid groups (broad SMARTS) is 1. The predicted octanol–water partition coefficient (Wildman–Crippen LogP) is 5.72. The highest BCUT2D eigenvalue weighted by Gasteiger charge is 2.37. The number of aryl methyl sites for hydroxylation is 1. The van der Waals surface area contributed by atoms with E-state index >= 15 is 0 Å². The Kier molecular flexibility index (Phi) is 6.85. The summed E-state index contributed by atoms with van der Waals surface area (Å²) in [6.07, 6.45) is 4.72. The van der Waals surface area contributed by atoms with E-state index in [9.17, 15) is 19.5 Å². The number of Topliss-reactive ketones (excluding diaryl/α,β-unsaturated/α-hetero) is 1. The van der Waals surface area contributed by atoms with Crippen LogP contribution < -0.4 is 10.6 Å². The number of aliphatic carboxylic acids is 1. The highest BCUT2D eigenvalue weighted by atomic mass is 16.4. The molecule has 3 atom stereocenters. The first-order valence-corrected chi connectivity index (χ1v) is 12.6. The summed E-state index contributed by atoms with van der Waals surface area (Å²) in [6.45, 7) is 0. The fourth-order valence-corrected chi connectivity index (χ4v) is 5.53. The normalized spacial score (nSPS) is 20.8. The molecule has 2 aliphatic carbocycles. The van der Waals surface area contributed by atoms with Gasteiger partial charge in [0.1, 0.15) is 0 Å². The maximum Gasteiger partial charge on any atom is 0.319 e. The summed E-state index contributed by atoms with van der Waals surface area (Å²) in [5.74, 6) is -1.98. The molecule has 0 bridgehead atoms. The number of rotatable bonds is 6. The van der Waals surface area contributed by atoms with E-state index in [0.29, 0.717) is 24.1 Å². The Bertz CT molecular complexity index is 1270. The van der Waals surface area contributed by atoms with Crippen molar-refractivity contribution in [3.63, 3.8) is 0 Å². The van der Waals surface area contributed by atoms with Crippen LogP contribution in [0.2, 0.25) is 0 Å². The lowest BCUT2D eigenvalue weighted by Gasteiger charge is -2.25. The lowest BCUT2D eigenvalue weighted by atomic mass is 9.88. The Morgan fingerprint density at radius 1 is 0.750 bits per heavy atom. The molecule has 0 radical (unpaired) electrons. The summed E-state index contributed by atoms with van der Waals surface area (Å²) < 4.78 is 0. The van der Waals surface area contributed by atoms with Crippen molar-refractivity contribution in [1.82, 2.24) is 5.32 Å². The van der Waals surface area contributed by atoms with Crippen molar-refractivity contribution in [2.45, 2.75) is 44.6 Å². The molecule has 0 aromatic heterocycles. The Balaban J connectivity index is 1.17. The van der Waals surface area contributed by atoms with E-state index in [-0.39, 0.29) is 17.9 Å². The number of amides is 2. The van der Waals surface area contributed by atoms with Crippen molar-refractivity contribution in [1.29, 1.82) is 0 Å². The first-order chi connectivity index (χ1) is 17.5. The number of carboxylic acids is 1. The van der Waals surface area contributed by atoms with Crippen molar-refractivity contribution < 1.29 is 19.5 Å². The molecule has 184 valence electrons. The molecule has 6 heteroatoms. The second kappa shape index (κ2) is 10.4. The number of carbonyl (C=O) groups is 3. The van der Waals surface area contributed by atoms with Crippen LogP contribution in [0, 0.1) is 11.8 Å². The molecule has 3 aromatic rings. The van der Waals surface area contributed by atoms with E-state index in [4.69, 9.17) is 0 Å². The van der Waals surface area contributed by atoms with Gasteiger partial charge in [0.2, 0.25) is 0 Å². The van der Waals surface area contributed by atoms with Crippen LogP contribution in [0.3, 0.4) is 0 Å². The van der Waals surface area contributed by atoms with Gasteiger partial charge < -0.3 is 15.7 Å². The van der Waals surface area contributed by atoms with Crippen LogP contribution in [0.1, 0.15) is 47.2 Å². The van der Waals surface area contributed by atoms with Gasteiger partial charge in [-0.15, -0.1) is 0 Å². The second-order valence-electron chi connectivity index (χ2n) is 9.81. The molecule has 2 amide bonds. The Labute approximate surface area is 210 Å². The summed E-state index contributed by atoms with van der Waals surface area (Å²) in [5.41, 5.74) is 5.85. The van der Waals surface area contributed by atoms with Crippen molar-refractivity contribution >= 4 is 23.5 Å². The van der Waals surface area contributed by atoms with E-state index in [0.717, 1.165) is 36.8 Å². The van der Waals surface area contributed by atoms with Crippen LogP contribution in [0.25, 0.3) is 11.1 Å². The molecule has 0 heterocycles. The number of anilines is 1. The highest BCUT2D eigenvalue weighted by Crippen LogP contribution is 2.35. The number of ketones is 1. The number of nitrogens with one attached hydrogen (secondary N) is 2. The van der Waals surface area contributed by atoms with Gasteiger partial charge in [-0.05, 0) is 66.5 Å². The molecular formula is C30H30N2O4. The smallest absolute Gasteiger partial charge is 0.319 e.